The standard InChI is InChI=1S/C28H35NO5/c1-3-4-5-20-34-25-12-6-21(7-13-25)26(30)14-15-27(31)29-18-16-23(17-19-29)28(32)22-8-10-24(33-2)11-9-22/h6-13,23H,3-5,14-20H2,1-2H3. The number of likely N-dealkylation sites (tertiary alicyclic amines) is 1. The predicted molar refractivity (Wildman–Crippen MR) is 132 cm³/mol. The first-order valence-corrected chi connectivity index (χ1v) is 12.2. The molecule has 0 spiro atoms. The summed E-state index contributed by atoms with van der Waals surface area (Å²) in [5, 5.41) is 0. The second-order valence-corrected chi connectivity index (χ2v) is 8.75. The third-order valence-corrected chi connectivity index (χ3v) is 6.35. The fourth-order valence-electron chi connectivity index (χ4n) is 4.18. The number of amides is 1. The summed E-state index contributed by atoms with van der Waals surface area (Å²) in [5.74, 6) is 1.44. The van der Waals surface area contributed by atoms with E-state index in [0.29, 0.717) is 43.7 Å². The Labute approximate surface area is 202 Å². The van der Waals surface area contributed by atoms with Crippen molar-refractivity contribution in [2.24, 2.45) is 5.92 Å². The van der Waals surface area contributed by atoms with E-state index >= 15 is 0 Å². The molecular formula is C28H35NO5. The van der Waals surface area contributed by atoms with Gasteiger partial charge in [0.25, 0.3) is 0 Å². The van der Waals surface area contributed by atoms with Crippen LogP contribution in [0.3, 0.4) is 0 Å². The van der Waals surface area contributed by atoms with Crippen LogP contribution in [0.5, 0.6) is 11.5 Å². The molecule has 0 bridgehead atoms. The van der Waals surface area contributed by atoms with E-state index in [2.05, 4.69) is 6.92 Å². The Morgan fingerprint density at radius 2 is 1.47 bits per heavy atom. The van der Waals surface area contributed by atoms with Crippen LogP contribution in [0.4, 0.5) is 0 Å². The van der Waals surface area contributed by atoms with Gasteiger partial charge < -0.3 is 14.4 Å². The molecule has 1 aliphatic rings. The van der Waals surface area contributed by atoms with Gasteiger partial charge in [-0.1, -0.05) is 19.8 Å². The number of benzene rings is 2. The molecule has 0 atom stereocenters. The fraction of sp³-hybridized carbons (Fsp3) is 0.464. The molecule has 1 aliphatic heterocycles. The molecule has 2 aromatic carbocycles. The maximum Gasteiger partial charge on any atom is 0.223 e. The second-order valence-electron chi connectivity index (χ2n) is 8.75. The second kappa shape index (κ2) is 12.9. The molecule has 182 valence electrons. The zero-order chi connectivity index (χ0) is 24.3. The molecule has 1 amide bonds. The summed E-state index contributed by atoms with van der Waals surface area (Å²) in [4.78, 5) is 39.7. The number of ketones is 2. The quantitative estimate of drug-likeness (QED) is 0.312. The number of hydrogen-bond donors (Lipinski definition) is 0. The van der Waals surface area contributed by atoms with E-state index in [1.165, 1.54) is 0 Å². The van der Waals surface area contributed by atoms with E-state index in [0.717, 1.165) is 30.8 Å². The van der Waals surface area contributed by atoms with E-state index in [4.69, 9.17) is 9.47 Å². The van der Waals surface area contributed by atoms with Gasteiger partial charge in [0.2, 0.25) is 5.91 Å². The Morgan fingerprint density at radius 1 is 0.853 bits per heavy atom. The highest BCUT2D eigenvalue weighted by Crippen LogP contribution is 2.24. The molecule has 0 unspecified atom stereocenters. The number of carbonyl (C=O) groups excluding carboxylic acids is 3. The van der Waals surface area contributed by atoms with E-state index in [1.807, 2.05) is 12.1 Å². The highest BCUT2D eigenvalue weighted by Gasteiger charge is 2.28. The molecule has 1 fully saturated rings. The number of piperidine rings is 1. The average molecular weight is 466 g/mol. The fourth-order valence-corrected chi connectivity index (χ4v) is 4.18. The van der Waals surface area contributed by atoms with Crippen LogP contribution in [-0.4, -0.2) is 49.2 Å². The van der Waals surface area contributed by atoms with Gasteiger partial charge >= 0.3 is 0 Å². The summed E-state index contributed by atoms with van der Waals surface area (Å²) in [6.07, 6.45) is 4.96. The Hall–Kier alpha value is -3.15. The minimum absolute atomic E-state index is 0.0282. The predicted octanol–water partition coefficient (Wildman–Crippen LogP) is 5.35. The molecule has 2 aromatic rings. The SMILES string of the molecule is CCCCCOc1ccc(C(=O)CCC(=O)N2CCC(C(=O)c3ccc(OC)cc3)CC2)cc1. The van der Waals surface area contributed by atoms with Crippen molar-refractivity contribution >= 4 is 17.5 Å². The largest absolute Gasteiger partial charge is 0.497 e. The van der Waals surface area contributed by atoms with Crippen LogP contribution >= 0.6 is 0 Å². The van der Waals surface area contributed by atoms with Crippen molar-refractivity contribution in [1.29, 1.82) is 0 Å². The molecule has 0 radical (unpaired) electrons. The number of nitrogens with zero attached hydrogens (tertiary/aromatic N) is 1. The molecule has 1 heterocycles. The summed E-state index contributed by atoms with van der Waals surface area (Å²) >= 11 is 0. The van der Waals surface area contributed by atoms with Crippen molar-refractivity contribution in [3.63, 3.8) is 0 Å². The van der Waals surface area contributed by atoms with Gasteiger partial charge in [-0.25, -0.2) is 0 Å². The number of rotatable bonds is 12. The molecule has 6 heteroatoms. The molecular weight excluding hydrogens is 430 g/mol. The highest BCUT2D eigenvalue weighted by molar-refractivity contribution is 5.99. The monoisotopic (exact) mass is 465 g/mol. The molecule has 34 heavy (non-hydrogen) atoms. The molecule has 0 aromatic heterocycles. The Morgan fingerprint density at radius 3 is 2.09 bits per heavy atom. The summed E-state index contributed by atoms with van der Waals surface area (Å²) in [5.41, 5.74) is 1.27. The first kappa shape index (κ1) is 25.5. The normalized spacial score (nSPS) is 14.0. The third kappa shape index (κ3) is 7.17. The maximum atomic E-state index is 12.8. The zero-order valence-corrected chi connectivity index (χ0v) is 20.3. The lowest BCUT2D eigenvalue weighted by molar-refractivity contribution is -0.132. The third-order valence-electron chi connectivity index (χ3n) is 6.35. The van der Waals surface area contributed by atoms with Crippen LogP contribution < -0.4 is 9.47 Å². The topological polar surface area (TPSA) is 72.9 Å². The van der Waals surface area contributed by atoms with E-state index < -0.39 is 0 Å². The van der Waals surface area contributed by atoms with Gasteiger partial charge in [-0.2, -0.15) is 0 Å². The van der Waals surface area contributed by atoms with Crippen LogP contribution in [0, 0.1) is 5.92 Å². The molecule has 1 saturated heterocycles. The van der Waals surface area contributed by atoms with Crippen LogP contribution in [-0.2, 0) is 4.79 Å². The number of methoxy groups -OCH3 is 1. The zero-order valence-electron chi connectivity index (χ0n) is 20.3. The molecule has 0 saturated carbocycles. The van der Waals surface area contributed by atoms with E-state index in [9.17, 15) is 14.4 Å². The number of ether oxygens (including phenoxy) is 2. The lowest BCUT2D eigenvalue weighted by Gasteiger charge is -2.31. The van der Waals surface area contributed by atoms with Crippen LogP contribution in [0.15, 0.2) is 48.5 Å². The van der Waals surface area contributed by atoms with Crippen molar-refractivity contribution in [3.8, 4) is 11.5 Å². The van der Waals surface area contributed by atoms with Gasteiger partial charge in [-0.05, 0) is 67.8 Å². The summed E-state index contributed by atoms with van der Waals surface area (Å²) in [6.45, 7) is 3.92. The van der Waals surface area contributed by atoms with Gasteiger partial charge in [-0.3, -0.25) is 14.4 Å². The number of hydrogen-bond acceptors (Lipinski definition) is 5. The highest BCUT2D eigenvalue weighted by atomic mass is 16.5. The van der Waals surface area contributed by atoms with Crippen molar-refractivity contribution < 1.29 is 23.9 Å². The minimum Gasteiger partial charge on any atom is -0.497 e. The van der Waals surface area contributed by atoms with Crippen LogP contribution in [0.1, 0.15) is 72.6 Å². The van der Waals surface area contributed by atoms with Gasteiger partial charge in [0, 0.05) is 43.0 Å². The smallest absolute Gasteiger partial charge is 0.223 e. The Balaban J connectivity index is 1.40. The summed E-state index contributed by atoms with van der Waals surface area (Å²) in [7, 11) is 1.60. The average Bonchev–Trinajstić information content (AvgIpc) is 2.89. The van der Waals surface area contributed by atoms with Gasteiger partial charge in [0.05, 0.1) is 13.7 Å². The summed E-state index contributed by atoms with van der Waals surface area (Å²) < 4.78 is 10.8. The molecule has 0 aliphatic carbocycles. The van der Waals surface area contributed by atoms with Crippen molar-refractivity contribution in [2.75, 3.05) is 26.8 Å². The lowest BCUT2D eigenvalue weighted by atomic mass is 9.88. The molecule has 3 rings (SSSR count). The maximum absolute atomic E-state index is 12.8. The Kier molecular flexibility index (Phi) is 9.68. The van der Waals surface area contributed by atoms with Gasteiger partial charge in [0.15, 0.2) is 11.6 Å². The number of carbonyl (C=O) groups is 3. The number of unbranched alkanes of at least 4 members (excludes halogenated alkanes) is 2. The first-order chi connectivity index (χ1) is 16.5. The number of Topliss-reactive ketones (excluding diaryl/α,β-unsaturated/α-hetero) is 2. The van der Waals surface area contributed by atoms with Crippen molar-refractivity contribution in [3.05, 3.63) is 59.7 Å². The van der Waals surface area contributed by atoms with E-state index in [1.54, 1.807) is 48.4 Å². The van der Waals surface area contributed by atoms with Crippen LogP contribution in [0.2, 0.25) is 0 Å². The van der Waals surface area contributed by atoms with E-state index in [-0.39, 0.29) is 36.2 Å². The first-order valence-electron chi connectivity index (χ1n) is 12.2. The van der Waals surface area contributed by atoms with Gasteiger partial charge in [-0.15, -0.1) is 0 Å². The minimum atomic E-state index is -0.0817. The van der Waals surface area contributed by atoms with Crippen LogP contribution in [0.25, 0.3) is 0 Å². The molecule has 6 nitrogen and oxygen atoms in total. The molecule has 0 N–H and O–H groups in total. The lowest BCUT2D eigenvalue weighted by Crippen LogP contribution is -2.40. The van der Waals surface area contributed by atoms with Crippen molar-refractivity contribution in [1.82, 2.24) is 4.90 Å². The van der Waals surface area contributed by atoms with Gasteiger partial charge in [0.1, 0.15) is 11.5 Å². The van der Waals surface area contributed by atoms with Crippen molar-refractivity contribution in [2.45, 2.75) is 51.9 Å². The Bertz CT molecular complexity index is 944. The summed E-state index contributed by atoms with van der Waals surface area (Å²) in [6, 6.07) is 14.3.